The van der Waals surface area contributed by atoms with Gasteiger partial charge in [0.05, 0.1) is 31.2 Å². The summed E-state index contributed by atoms with van der Waals surface area (Å²) in [5.41, 5.74) is 1.01. The second kappa shape index (κ2) is 6.86. The number of hydrogen-bond acceptors (Lipinski definition) is 5. The number of fused-ring (bicyclic) bond motifs is 1. The second-order valence-corrected chi connectivity index (χ2v) is 8.12. The highest BCUT2D eigenvalue weighted by Crippen LogP contribution is 2.38. The molecular weight excluding hydrogens is 358 g/mol. The highest BCUT2D eigenvalue weighted by Gasteiger charge is 2.38. The van der Waals surface area contributed by atoms with Gasteiger partial charge < -0.3 is 18.2 Å². The lowest BCUT2D eigenvalue weighted by atomic mass is 9.76. The molecule has 3 aromatic rings. The topological polar surface area (TPSA) is 76.8 Å². The van der Waals surface area contributed by atoms with E-state index in [0.717, 1.165) is 0 Å². The predicted octanol–water partition coefficient (Wildman–Crippen LogP) is 4.77. The molecule has 0 radical (unpaired) electrons. The van der Waals surface area contributed by atoms with Crippen LogP contribution in [0.15, 0.2) is 50.0 Å². The van der Waals surface area contributed by atoms with Crippen LogP contribution in [0.3, 0.4) is 0 Å². The standard InChI is InChI=1S/C22H23NO5/c1-14-19-17(24)10-22(2,3)11-18(19)28-20(14)21(25)23(12-15-6-4-8-26-15)13-16-7-5-9-27-16/h4-9H,10-13H2,1-3H3. The molecule has 0 saturated heterocycles. The van der Waals surface area contributed by atoms with Gasteiger partial charge in [0.1, 0.15) is 17.3 Å². The first kappa shape index (κ1) is 18.3. The molecular formula is C22H23NO5. The quantitative estimate of drug-likeness (QED) is 0.636. The SMILES string of the molecule is Cc1c(C(=O)N(Cc2ccco2)Cc2ccco2)oc2c1C(=O)CC(C)(C)C2. The summed E-state index contributed by atoms with van der Waals surface area (Å²) in [6.07, 6.45) is 4.24. The zero-order chi connectivity index (χ0) is 19.9. The highest BCUT2D eigenvalue weighted by molar-refractivity contribution is 6.03. The predicted molar refractivity (Wildman–Crippen MR) is 101 cm³/mol. The van der Waals surface area contributed by atoms with E-state index in [0.29, 0.717) is 41.2 Å². The van der Waals surface area contributed by atoms with Crippen molar-refractivity contribution in [1.29, 1.82) is 0 Å². The molecule has 0 saturated carbocycles. The minimum absolute atomic E-state index is 0.0372. The van der Waals surface area contributed by atoms with Crippen molar-refractivity contribution in [3.8, 4) is 0 Å². The summed E-state index contributed by atoms with van der Waals surface area (Å²) >= 11 is 0. The minimum Gasteiger partial charge on any atom is -0.467 e. The van der Waals surface area contributed by atoms with Gasteiger partial charge in [-0.25, -0.2) is 0 Å². The smallest absolute Gasteiger partial charge is 0.290 e. The third-order valence-electron chi connectivity index (χ3n) is 5.11. The Morgan fingerprint density at radius 3 is 2.21 bits per heavy atom. The van der Waals surface area contributed by atoms with Crippen LogP contribution in [-0.4, -0.2) is 16.6 Å². The van der Waals surface area contributed by atoms with Gasteiger partial charge in [-0.1, -0.05) is 13.8 Å². The summed E-state index contributed by atoms with van der Waals surface area (Å²) in [6, 6.07) is 7.19. The number of Topliss-reactive ketones (excluding diaryl/α,β-unsaturated/α-hetero) is 1. The maximum Gasteiger partial charge on any atom is 0.290 e. The number of ketones is 1. The third-order valence-corrected chi connectivity index (χ3v) is 5.11. The number of furan rings is 3. The van der Waals surface area contributed by atoms with Crippen molar-refractivity contribution in [2.45, 2.75) is 46.7 Å². The monoisotopic (exact) mass is 381 g/mol. The number of hydrogen-bond donors (Lipinski definition) is 0. The Balaban J connectivity index is 1.68. The van der Waals surface area contributed by atoms with Gasteiger partial charge in [0.2, 0.25) is 0 Å². The molecule has 0 aliphatic heterocycles. The Bertz CT molecular complexity index is 956. The second-order valence-electron chi connectivity index (χ2n) is 8.12. The first-order chi connectivity index (χ1) is 13.3. The van der Waals surface area contributed by atoms with Crippen LogP contribution in [0.5, 0.6) is 0 Å². The van der Waals surface area contributed by atoms with E-state index in [1.54, 1.807) is 36.5 Å². The van der Waals surface area contributed by atoms with Gasteiger partial charge in [-0.3, -0.25) is 9.59 Å². The van der Waals surface area contributed by atoms with Crippen molar-refractivity contribution in [2.24, 2.45) is 5.41 Å². The lowest BCUT2D eigenvalue weighted by molar-refractivity contribution is 0.0666. The molecule has 0 unspecified atom stereocenters. The molecule has 0 atom stereocenters. The molecule has 28 heavy (non-hydrogen) atoms. The molecule has 6 nitrogen and oxygen atoms in total. The average molecular weight is 381 g/mol. The summed E-state index contributed by atoms with van der Waals surface area (Å²) in [5, 5.41) is 0. The van der Waals surface area contributed by atoms with Crippen molar-refractivity contribution in [3.05, 3.63) is 71.0 Å². The summed E-state index contributed by atoms with van der Waals surface area (Å²) in [5.74, 6) is 1.89. The van der Waals surface area contributed by atoms with E-state index in [9.17, 15) is 9.59 Å². The molecule has 1 aliphatic rings. The Labute approximate surface area is 163 Å². The zero-order valence-corrected chi connectivity index (χ0v) is 16.3. The Morgan fingerprint density at radius 2 is 1.68 bits per heavy atom. The van der Waals surface area contributed by atoms with E-state index in [2.05, 4.69) is 0 Å². The van der Waals surface area contributed by atoms with E-state index in [-0.39, 0.29) is 36.0 Å². The van der Waals surface area contributed by atoms with Crippen molar-refractivity contribution < 1.29 is 22.8 Å². The largest absolute Gasteiger partial charge is 0.467 e. The van der Waals surface area contributed by atoms with Crippen LogP contribution < -0.4 is 0 Å². The van der Waals surface area contributed by atoms with Crippen LogP contribution >= 0.6 is 0 Å². The van der Waals surface area contributed by atoms with Gasteiger partial charge in [-0.05, 0) is 36.6 Å². The van der Waals surface area contributed by atoms with Gasteiger partial charge in [-0.2, -0.15) is 0 Å². The summed E-state index contributed by atoms with van der Waals surface area (Å²) in [6.45, 7) is 6.40. The van der Waals surface area contributed by atoms with Gasteiger partial charge in [0.15, 0.2) is 11.5 Å². The number of carbonyl (C=O) groups excluding carboxylic acids is 2. The average Bonchev–Trinajstić information content (AvgIpc) is 3.35. The maximum absolute atomic E-state index is 13.3. The van der Waals surface area contributed by atoms with E-state index in [1.807, 2.05) is 26.0 Å². The van der Waals surface area contributed by atoms with Crippen molar-refractivity contribution in [3.63, 3.8) is 0 Å². The summed E-state index contributed by atoms with van der Waals surface area (Å²) < 4.78 is 16.8. The molecule has 0 fully saturated rings. The molecule has 1 amide bonds. The van der Waals surface area contributed by atoms with Crippen molar-refractivity contribution in [2.75, 3.05) is 0 Å². The van der Waals surface area contributed by atoms with Gasteiger partial charge >= 0.3 is 0 Å². The Hall–Kier alpha value is -3.02. The molecule has 146 valence electrons. The number of carbonyl (C=O) groups is 2. The van der Waals surface area contributed by atoms with Crippen LogP contribution in [0.25, 0.3) is 0 Å². The van der Waals surface area contributed by atoms with Crippen molar-refractivity contribution in [1.82, 2.24) is 4.90 Å². The first-order valence-corrected chi connectivity index (χ1v) is 9.33. The normalized spacial score (nSPS) is 15.5. The fraction of sp³-hybridized carbons (Fsp3) is 0.364. The Kier molecular flexibility index (Phi) is 4.49. The van der Waals surface area contributed by atoms with Crippen LogP contribution in [0.2, 0.25) is 0 Å². The number of rotatable bonds is 5. The summed E-state index contributed by atoms with van der Waals surface area (Å²) in [4.78, 5) is 27.6. The molecule has 0 N–H and O–H groups in total. The number of amides is 1. The molecule has 3 heterocycles. The van der Waals surface area contributed by atoms with Gasteiger partial charge in [-0.15, -0.1) is 0 Å². The lowest BCUT2D eigenvalue weighted by Gasteiger charge is -2.27. The zero-order valence-electron chi connectivity index (χ0n) is 16.3. The molecule has 1 aliphatic carbocycles. The molecule has 3 aromatic heterocycles. The molecule has 0 spiro atoms. The van der Waals surface area contributed by atoms with Crippen LogP contribution in [-0.2, 0) is 19.5 Å². The van der Waals surface area contributed by atoms with Crippen LogP contribution in [0.4, 0.5) is 0 Å². The van der Waals surface area contributed by atoms with E-state index in [4.69, 9.17) is 13.3 Å². The molecule has 4 rings (SSSR count). The fourth-order valence-electron chi connectivity index (χ4n) is 3.81. The molecule has 0 bridgehead atoms. The van der Waals surface area contributed by atoms with Gasteiger partial charge in [0.25, 0.3) is 5.91 Å². The maximum atomic E-state index is 13.3. The van der Waals surface area contributed by atoms with E-state index in [1.165, 1.54) is 0 Å². The lowest BCUT2D eigenvalue weighted by Crippen LogP contribution is -2.30. The van der Waals surface area contributed by atoms with E-state index < -0.39 is 0 Å². The van der Waals surface area contributed by atoms with Crippen LogP contribution in [0.1, 0.15) is 64.0 Å². The van der Waals surface area contributed by atoms with E-state index >= 15 is 0 Å². The third kappa shape index (κ3) is 3.42. The summed E-state index contributed by atoms with van der Waals surface area (Å²) in [7, 11) is 0. The Morgan fingerprint density at radius 1 is 1.07 bits per heavy atom. The fourth-order valence-corrected chi connectivity index (χ4v) is 3.81. The minimum atomic E-state index is -0.287. The first-order valence-electron chi connectivity index (χ1n) is 9.33. The van der Waals surface area contributed by atoms with Gasteiger partial charge in [0, 0.05) is 18.4 Å². The molecule has 0 aromatic carbocycles. The number of nitrogens with zero attached hydrogens (tertiary/aromatic N) is 1. The molecule has 6 heteroatoms. The highest BCUT2D eigenvalue weighted by atomic mass is 16.4. The van der Waals surface area contributed by atoms with Crippen molar-refractivity contribution >= 4 is 11.7 Å². The van der Waals surface area contributed by atoms with Crippen LogP contribution in [0, 0.1) is 12.3 Å².